The maximum absolute atomic E-state index is 10.3. The van der Waals surface area contributed by atoms with Gasteiger partial charge in [-0.25, -0.2) is 0 Å². The third-order valence-corrected chi connectivity index (χ3v) is 4.09. The van der Waals surface area contributed by atoms with Gasteiger partial charge >= 0.3 is 0 Å². The van der Waals surface area contributed by atoms with Crippen molar-refractivity contribution in [3.05, 3.63) is 23.8 Å². The Hall–Kier alpha value is -1.26. The first-order valence-electron chi connectivity index (χ1n) is 6.97. The molecule has 0 aliphatic carbocycles. The molecule has 106 valence electrons. The summed E-state index contributed by atoms with van der Waals surface area (Å²) < 4.78 is 5.18. The summed E-state index contributed by atoms with van der Waals surface area (Å²) in [5.74, 6) is 1.52. The highest BCUT2D eigenvalue weighted by Gasteiger charge is 2.26. The number of para-hydroxylation sites is 1. The highest BCUT2D eigenvalue weighted by Crippen LogP contribution is 2.36. The van der Waals surface area contributed by atoms with Crippen LogP contribution < -0.4 is 10.5 Å². The molecule has 1 fully saturated rings. The Morgan fingerprint density at radius 3 is 2.68 bits per heavy atom. The minimum absolute atomic E-state index is 0.0719. The number of rotatable bonds is 4. The summed E-state index contributed by atoms with van der Waals surface area (Å²) in [5.41, 5.74) is 6.81. The molecule has 1 aromatic rings. The normalized spacial score (nSPS) is 19.3. The van der Waals surface area contributed by atoms with Crippen molar-refractivity contribution in [2.75, 3.05) is 26.7 Å². The van der Waals surface area contributed by atoms with Gasteiger partial charge in [0.05, 0.1) is 13.2 Å². The number of aromatic hydroxyl groups is 1. The van der Waals surface area contributed by atoms with Gasteiger partial charge in [-0.1, -0.05) is 19.1 Å². The van der Waals surface area contributed by atoms with Crippen molar-refractivity contribution in [3.63, 3.8) is 0 Å². The van der Waals surface area contributed by atoms with E-state index in [4.69, 9.17) is 10.5 Å². The van der Waals surface area contributed by atoms with Crippen molar-refractivity contribution >= 4 is 0 Å². The molecule has 1 atom stereocenters. The third-order valence-electron chi connectivity index (χ3n) is 4.09. The highest BCUT2D eigenvalue weighted by molar-refractivity contribution is 5.47. The summed E-state index contributed by atoms with van der Waals surface area (Å²) in [5, 5.41) is 10.3. The number of hydrogen-bond acceptors (Lipinski definition) is 4. The number of phenolic OH excluding ortho intramolecular Hbond substituents is 1. The molecule has 0 aromatic heterocycles. The van der Waals surface area contributed by atoms with Crippen LogP contribution in [0.1, 0.15) is 31.4 Å². The SMILES string of the molecule is COc1cccc(C(CN)N2CCC(C)CC2)c1O. The van der Waals surface area contributed by atoms with Gasteiger partial charge in [0.25, 0.3) is 0 Å². The fourth-order valence-electron chi connectivity index (χ4n) is 2.79. The van der Waals surface area contributed by atoms with Gasteiger partial charge in [-0.15, -0.1) is 0 Å². The number of benzene rings is 1. The summed E-state index contributed by atoms with van der Waals surface area (Å²) >= 11 is 0. The van der Waals surface area contributed by atoms with Crippen LogP contribution in [-0.4, -0.2) is 36.8 Å². The molecule has 1 heterocycles. The van der Waals surface area contributed by atoms with E-state index in [1.165, 1.54) is 12.8 Å². The zero-order valence-corrected chi connectivity index (χ0v) is 11.8. The van der Waals surface area contributed by atoms with E-state index in [2.05, 4.69) is 11.8 Å². The Bertz CT molecular complexity index is 415. The van der Waals surface area contributed by atoms with Crippen LogP contribution in [0.15, 0.2) is 18.2 Å². The van der Waals surface area contributed by atoms with E-state index in [0.717, 1.165) is 24.6 Å². The summed E-state index contributed by atoms with van der Waals surface area (Å²) in [4.78, 5) is 2.37. The smallest absolute Gasteiger partial charge is 0.162 e. The summed E-state index contributed by atoms with van der Waals surface area (Å²) in [6.45, 7) is 4.88. The maximum atomic E-state index is 10.3. The first-order valence-corrected chi connectivity index (χ1v) is 6.97. The molecule has 0 bridgehead atoms. The van der Waals surface area contributed by atoms with E-state index in [9.17, 15) is 5.11 Å². The Labute approximate surface area is 115 Å². The number of hydrogen-bond donors (Lipinski definition) is 2. The second-order valence-corrected chi connectivity index (χ2v) is 5.37. The number of likely N-dealkylation sites (tertiary alicyclic amines) is 1. The highest BCUT2D eigenvalue weighted by atomic mass is 16.5. The molecule has 1 aliphatic rings. The minimum atomic E-state index is 0.0719. The van der Waals surface area contributed by atoms with E-state index < -0.39 is 0 Å². The van der Waals surface area contributed by atoms with E-state index in [0.29, 0.717) is 12.3 Å². The molecule has 4 nitrogen and oxygen atoms in total. The van der Waals surface area contributed by atoms with Crippen LogP contribution in [-0.2, 0) is 0 Å². The van der Waals surface area contributed by atoms with Crippen molar-refractivity contribution in [2.45, 2.75) is 25.8 Å². The minimum Gasteiger partial charge on any atom is -0.504 e. The standard InChI is InChI=1S/C15H24N2O2/c1-11-6-8-17(9-7-11)13(10-16)12-4-3-5-14(19-2)15(12)18/h3-5,11,13,18H,6-10,16H2,1-2H3. The molecule has 0 radical (unpaired) electrons. The average molecular weight is 264 g/mol. The topological polar surface area (TPSA) is 58.7 Å². The first kappa shape index (κ1) is 14.2. The molecule has 1 aliphatic heterocycles. The zero-order valence-electron chi connectivity index (χ0n) is 11.8. The van der Waals surface area contributed by atoms with Crippen molar-refractivity contribution in [1.82, 2.24) is 4.90 Å². The maximum Gasteiger partial charge on any atom is 0.162 e. The number of piperidine rings is 1. The molecule has 0 amide bonds. The fraction of sp³-hybridized carbons (Fsp3) is 0.600. The van der Waals surface area contributed by atoms with E-state index in [1.54, 1.807) is 13.2 Å². The van der Waals surface area contributed by atoms with Crippen LogP contribution >= 0.6 is 0 Å². The van der Waals surface area contributed by atoms with Gasteiger partial charge in [0.1, 0.15) is 0 Å². The summed E-state index contributed by atoms with van der Waals surface area (Å²) in [6.07, 6.45) is 2.39. The number of nitrogens with zero attached hydrogens (tertiary/aromatic N) is 1. The van der Waals surface area contributed by atoms with Crippen molar-refractivity contribution < 1.29 is 9.84 Å². The van der Waals surface area contributed by atoms with Gasteiger partial charge in [0, 0.05) is 12.1 Å². The molecule has 0 saturated carbocycles. The molecular formula is C15H24N2O2. The second-order valence-electron chi connectivity index (χ2n) is 5.37. The molecule has 1 aromatic carbocycles. The second kappa shape index (κ2) is 6.26. The average Bonchev–Trinajstić information content (AvgIpc) is 2.43. The lowest BCUT2D eigenvalue weighted by Gasteiger charge is -2.36. The van der Waals surface area contributed by atoms with Crippen molar-refractivity contribution in [2.24, 2.45) is 11.7 Å². The molecule has 19 heavy (non-hydrogen) atoms. The Morgan fingerprint density at radius 1 is 1.42 bits per heavy atom. The number of phenols is 1. The predicted octanol–water partition coefficient (Wildman–Crippen LogP) is 2.13. The lowest BCUT2D eigenvalue weighted by atomic mass is 9.95. The Kier molecular flexibility index (Phi) is 4.66. The monoisotopic (exact) mass is 264 g/mol. The molecular weight excluding hydrogens is 240 g/mol. The van der Waals surface area contributed by atoms with Crippen LogP contribution in [0.25, 0.3) is 0 Å². The van der Waals surface area contributed by atoms with Gasteiger partial charge in [0.15, 0.2) is 11.5 Å². The van der Waals surface area contributed by atoms with E-state index >= 15 is 0 Å². The van der Waals surface area contributed by atoms with Crippen LogP contribution in [0.5, 0.6) is 11.5 Å². The molecule has 1 saturated heterocycles. The lowest BCUT2D eigenvalue weighted by molar-refractivity contribution is 0.139. The molecule has 3 N–H and O–H groups in total. The number of methoxy groups -OCH3 is 1. The van der Waals surface area contributed by atoms with Gasteiger partial charge in [0.2, 0.25) is 0 Å². The van der Waals surface area contributed by atoms with Crippen LogP contribution in [0.4, 0.5) is 0 Å². The Morgan fingerprint density at radius 2 is 2.11 bits per heavy atom. The van der Waals surface area contributed by atoms with E-state index in [-0.39, 0.29) is 11.8 Å². The zero-order chi connectivity index (χ0) is 13.8. The van der Waals surface area contributed by atoms with E-state index in [1.807, 2.05) is 12.1 Å². The third kappa shape index (κ3) is 3.01. The summed E-state index contributed by atoms with van der Waals surface area (Å²) in [7, 11) is 1.57. The largest absolute Gasteiger partial charge is 0.504 e. The fourth-order valence-corrected chi connectivity index (χ4v) is 2.79. The van der Waals surface area contributed by atoms with Crippen molar-refractivity contribution in [3.8, 4) is 11.5 Å². The number of nitrogens with two attached hydrogens (primary N) is 1. The first-order chi connectivity index (χ1) is 9.17. The lowest BCUT2D eigenvalue weighted by Crippen LogP contribution is -2.39. The van der Waals surface area contributed by atoms with Gasteiger partial charge in [-0.05, 0) is 37.9 Å². The van der Waals surface area contributed by atoms with Gasteiger partial charge in [-0.3, -0.25) is 4.90 Å². The van der Waals surface area contributed by atoms with Gasteiger partial charge < -0.3 is 15.6 Å². The Balaban J connectivity index is 2.22. The molecule has 2 rings (SSSR count). The van der Waals surface area contributed by atoms with Gasteiger partial charge in [-0.2, -0.15) is 0 Å². The molecule has 1 unspecified atom stereocenters. The summed E-state index contributed by atoms with van der Waals surface area (Å²) in [6, 6.07) is 5.68. The van der Waals surface area contributed by atoms with Crippen LogP contribution in [0.2, 0.25) is 0 Å². The molecule has 4 heteroatoms. The van der Waals surface area contributed by atoms with Crippen LogP contribution in [0, 0.1) is 5.92 Å². The quantitative estimate of drug-likeness (QED) is 0.874. The molecule has 0 spiro atoms. The number of ether oxygens (including phenoxy) is 1. The van der Waals surface area contributed by atoms with Crippen molar-refractivity contribution in [1.29, 1.82) is 0 Å². The predicted molar refractivity (Wildman–Crippen MR) is 76.4 cm³/mol. The van der Waals surface area contributed by atoms with Crippen LogP contribution in [0.3, 0.4) is 0 Å².